The molecule has 0 spiro atoms. The molecule has 0 bridgehead atoms. The van der Waals surface area contributed by atoms with Gasteiger partial charge in [0.05, 0.1) is 17.5 Å². The Morgan fingerprint density at radius 1 is 1.25 bits per heavy atom. The van der Waals surface area contributed by atoms with Gasteiger partial charge in [0.1, 0.15) is 5.82 Å². The molecule has 3 aromatic rings. The summed E-state index contributed by atoms with van der Waals surface area (Å²) >= 11 is 0. The van der Waals surface area contributed by atoms with Crippen molar-refractivity contribution in [3.63, 3.8) is 0 Å². The van der Waals surface area contributed by atoms with Crippen LogP contribution in [0.3, 0.4) is 0 Å². The van der Waals surface area contributed by atoms with Crippen LogP contribution in [0.5, 0.6) is 0 Å². The highest BCUT2D eigenvalue weighted by Gasteiger charge is 2.41. The van der Waals surface area contributed by atoms with Gasteiger partial charge in [-0.2, -0.15) is 0 Å². The van der Waals surface area contributed by atoms with Crippen LogP contribution in [0.25, 0.3) is 10.9 Å². The Labute approximate surface area is 163 Å². The van der Waals surface area contributed by atoms with Gasteiger partial charge < -0.3 is 10.1 Å². The van der Waals surface area contributed by atoms with Crippen LogP contribution in [0.4, 0.5) is 10.1 Å². The second kappa shape index (κ2) is 6.90. The van der Waals surface area contributed by atoms with Gasteiger partial charge in [0, 0.05) is 23.6 Å². The summed E-state index contributed by atoms with van der Waals surface area (Å²) in [5.41, 5.74) is 4.02. The van der Waals surface area contributed by atoms with Crippen molar-refractivity contribution in [2.45, 2.75) is 31.1 Å². The Kier molecular flexibility index (Phi) is 4.67. The first-order valence-corrected chi connectivity index (χ1v) is 11.2. The quantitative estimate of drug-likeness (QED) is 0.588. The SMILES string of the molecule is CS(=O)(=O)Nc1cccc2c(C3(CCCO)CCc4cc(F)ccc43)c[nH]c12. The second-order valence-corrected chi connectivity index (χ2v) is 9.26. The molecule has 7 heteroatoms. The number of aromatic amines is 1. The standard InChI is InChI=1S/C21H23FN2O3S/c1-28(26,27)24-19-5-2-4-16-18(13-23-20(16)19)21(9-3-11-25)10-8-14-12-15(22)6-7-17(14)21/h2,4-7,12-13,23-25H,3,8-11H2,1H3. The Hall–Kier alpha value is -2.38. The lowest BCUT2D eigenvalue weighted by molar-refractivity contribution is 0.269. The summed E-state index contributed by atoms with van der Waals surface area (Å²) < 4.78 is 39.8. The molecule has 0 amide bonds. The van der Waals surface area contributed by atoms with Crippen molar-refractivity contribution >= 4 is 26.6 Å². The lowest BCUT2D eigenvalue weighted by atomic mass is 9.72. The van der Waals surface area contributed by atoms with Crippen molar-refractivity contribution in [3.8, 4) is 0 Å². The number of fused-ring (bicyclic) bond motifs is 2. The van der Waals surface area contributed by atoms with Gasteiger partial charge >= 0.3 is 0 Å². The van der Waals surface area contributed by atoms with Gasteiger partial charge in [0.2, 0.25) is 10.0 Å². The number of nitrogens with one attached hydrogen (secondary N) is 2. The number of aromatic nitrogens is 1. The lowest BCUT2D eigenvalue weighted by Crippen LogP contribution is -2.25. The van der Waals surface area contributed by atoms with Crippen molar-refractivity contribution in [3.05, 3.63) is 65.1 Å². The van der Waals surface area contributed by atoms with Crippen LogP contribution >= 0.6 is 0 Å². The molecule has 1 aliphatic rings. The van der Waals surface area contributed by atoms with Gasteiger partial charge in [-0.15, -0.1) is 0 Å². The number of H-pyrrole nitrogens is 1. The number of aryl methyl sites for hydroxylation is 1. The minimum absolute atomic E-state index is 0.0848. The topological polar surface area (TPSA) is 82.2 Å². The molecule has 0 radical (unpaired) electrons. The van der Waals surface area contributed by atoms with E-state index in [4.69, 9.17) is 0 Å². The molecule has 1 aliphatic carbocycles. The van der Waals surface area contributed by atoms with E-state index in [1.165, 1.54) is 6.07 Å². The lowest BCUT2D eigenvalue weighted by Gasteiger charge is -2.31. The minimum atomic E-state index is -3.41. The maximum absolute atomic E-state index is 13.8. The molecule has 0 fully saturated rings. The van der Waals surface area contributed by atoms with Crippen molar-refractivity contribution < 1.29 is 17.9 Å². The Bertz CT molecular complexity index is 1140. The summed E-state index contributed by atoms with van der Waals surface area (Å²) in [6.45, 7) is 0.0848. The molecule has 0 aliphatic heterocycles. The van der Waals surface area contributed by atoms with E-state index in [0.29, 0.717) is 12.1 Å². The number of benzene rings is 2. The van der Waals surface area contributed by atoms with Crippen LogP contribution < -0.4 is 4.72 Å². The van der Waals surface area contributed by atoms with Crippen molar-refractivity contribution in [2.75, 3.05) is 17.6 Å². The number of aliphatic hydroxyl groups is 1. The van der Waals surface area contributed by atoms with Gasteiger partial charge in [0.15, 0.2) is 0 Å². The van der Waals surface area contributed by atoms with Crippen LogP contribution in [0, 0.1) is 5.82 Å². The van der Waals surface area contributed by atoms with E-state index in [1.54, 1.807) is 12.1 Å². The zero-order valence-corrected chi connectivity index (χ0v) is 16.4. The molecule has 4 rings (SSSR count). The minimum Gasteiger partial charge on any atom is -0.396 e. The Balaban J connectivity index is 1.90. The zero-order chi connectivity index (χ0) is 19.9. The molecule has 1 unspecified atom stereocenters. The summed E-state index contributed by atoms with van der Waals surface area (Å²) in [4.78, 5) is 3.24. The van der Waals surface area contributed by atoms with E-state index in [1.807, 2.05) is 24.4 Å². The first-order chi connectivity index (χ1) is 13.3. The molecule has 0 saturated carbocycles. The molecule has 5 nitrogen and oxygen atoms in total. The van der Waals surface area contributed by atoms with E-state index >= 15 is 0 Å². The molecule has 28 heavy (non-hydrogen) atoms. The highest BCUT2D eigenvalue weighted by molar-refractivity contribution is 7.92. The van der Waals surface area contributed by atoms with Crippen LogP contribution in [0.2, 0.25) is 0 Å². The van der Waals surface area contributed by atoms with E-state index in [2.05, 4.69) is 9.71 Å². The Morgan fingerprint density at radius 3 is 2.82 bits per heavy atom. The molecule has 1 aromatic heterocycles. The fourth-order valence-corrected chi connectivity index (χ4v) is 5.18. The van der Waals surface area contributed by atoms with Gasteiger partial charge in [-0.1, -0.05) is 18.2 Å². The number of aliphatic hydroxyl groups excluding tert-OH is 1. The summed E-state index contributed by atoms with van der Waals surface area (Å²) in [6, 6.07) is 10.5. The van der Waals surface area contributed by atoms with E-state index in [9.17, 15) is 17.9 Å². The Morgan fingerprint density at radius 2 is 2.07 bits per heavy atom. The third-order valence-corrected chi connectivity index (χ3v) is 6.28. The van der Waals surface area contributed by atoms with Gasteiger partial charge in [-0.05, 0) is 60.6 Å². The molecule has 1 atom stereocenters. The number of para-hydroxylation sites is 1. The maximum Gasteiger partial charge on any atom is 0.229 e. The predicted molar refractivity (Wildman–Crippen MR) is 109 cm³/mol. The molecule has 148 valence electrons. The fraction of sp³-hybridized carbons (Fsp3) is 0.333. The van der Waals surface area contributed by atoms with Crippen molar-refractivity contribution in [1.82, 2.24) is 4.98 Å². The average molecular weight is 402 g/mol. The van der Waals surface area contributed by atoms with Crippen LogP contribution in [0.1, 0.15) is 36.0 Å². The number of anilines is 1. The monoisotopic (exact) mass is 402 g/mol. The van der Waals surface area contributed by atoms with Crippen LogP contribution in [-0.4, -0.2) is 31.4 Å². The summed E-state index contributed by atoms with van der Waals surface area (Å²) in [7, 11) is -3.41. The molecular formula is C21H23FN2O3S. The van der Waals surface area contributed by atoms with Gasteiger partial charge in [-0.25, -0.2) is 12.8 Å². The molecular weight excluding hydrogens is 379 g/mol. The summed E-state index contributed by atoms with van der Waals surface area (Å²) in [5, 5.41) is 10.4. The van der Waals surface area contributed by atoms with Gasteiger partial charge in [-0.3, -0.25) is 4.72 Å². The zero-order valence-electron chi connectivity index (χ0n) is 15.6. The predicted octanol–water partition coefficient (Wildman–Crippen LogP) is 3.68. The molecule has 1 heterocycles. The first-order valence-electron chi connectivity index (χ1n) is 9.32. The summed E-state index contributed by atoms with van der Waals surface area (Å²) in [6.07, 6.45) is 6.01. The molecule has 3 N–H and O–H groups in total. The first kappa shape index (κ1) is 19.0. The number of hydrogen-bond acceptors (Lipinski definition) is 3. The van der Waals surface area contributed by atoms with Crippen molar-refractivity contribution in [2.24, 2.45) is 0 Å². The van der Waals surface area contributed by atoms with Gasteiger partial charge in [0.25, 0.3) is 0 Å². The summed E-state index contributed by atoms with van der Waals surface area (Å²) in [5.74, 6) is -0.240. The van der Waals surface area contributed by atoms with Crippen molar-refractivity contribution in [1.29, 1.82) is 0 Å². The smallest absolute Gasteiger partial charge is 0.229 e. The number of hydrogen-bond donors (Lipinski definition) is 3. The van der Waals surface area contributed by atoms with E-state index in [0.717, 1.165) is 53.1 Å². The molecule has 2 aromatic carbocycles. The molecule has 0 saturated heterocycles. The third kappa shape index (κ3) is 3.18. The number of rotatable bonds is 6. The third-order valence-electron chi connectivity index (χ3n) is 5.69. The number of sulfonamides is 1. The largest absolute Gasteiger partial charge is 0.396 e. The normalized spacial score (nSPS) is 19.1. The highest BCUT2D eigenvalue weighted by atomic mass is 32.2. The van der Waals surface area contributed by atoms with E-state index < -0.39 is 10.0 Å². The fourth-order valence-electron chi connectivity index (χ4n) is 4.61. The highest BCUT2D eigenvalue weighted by Crippen LogP contribution is 2.50. The maximum atomic E-state index is 13.8. The second-order valence-electron chi connectivity index (χ2n) is 7.52. The number of halogens is 1. The van der Waals surface area contributed by atoms with Crippen LogP contribution in [0.15, 0.2) is 42.6 Å². The average Bonchev–Trinajstić information content (AvgIpc) is 3.21. The van der Waals surface area contributed by atoms with Crippen LogP contribution in [-0.2, 0) is 21.9 Å². The van der Waals surface area contributed by atoms with E-state index in [-0.39, 0.29) is 17.8 Å².